The maximum absolute atomic E-state index is 9.09. The molecular weight excluding hydrogens is 400 g/mol. The molecule has 0 fully saturated rings. The van der Waals surface area contributed by atoms with Crippen LogP contribution >= 0.6 is 0 Å². The summed E-state index contributed by atoms with van der Waals surface area (Å²) in [6, 6.07) is 24.9. The molecule has 4 nitrogen and oxygen atoms in total. The highest BCUT2D eigenvalue weighted by atomic mass is 16.5. The lowest BCUT2D eigenvalue weighted by Gasteiger charge is -2.19. The van der Waals surface area contributed by atoms with Gasteiger partial charge < -0.3 is 19.7 Å². The quantitative estimate of drug-likeness (QED) is 0.415. The molecule has 4 heteroatoms. The van der Waals surface area contributed by atoms with Gasteiger partial charge in [0.15, 0.2) is 0 Å². The molecule has 0 spiro atoms. The molecule has 2 atom stereocenters. The third-order valence-electron chi connectivity index (χ3n) is 5.67. The second-order valence-electron chi connectivity index (χ2n) is 8.25. The molecule has 0 aliphatic rings. The van der Waals surface area contributed by atoms with Crippen molar-refractivity contribution in [3.8, 4) is 11.5 Å². The van der Waals surface area contributed by atoms with E-state index in [2.05, 4.69) is 50.2 Å². The van der Waals surface area contributed by atoms with Crippen molar-refractivity contribution in [2.24, 2.45) is 0 Å². The third kappa shape index (κ3) is 6.59. The number of aliphatic hydroxyl groups excluding tert-OH is 2. The monoisotopic (exact) mass is 434 g/mol. The lowest BCUT2D eigenvalue weighted by molar-refractivity contribution is 0.200. The Kier molecular flexibility index (Phi) is 9.14. The minimum absolute atomic E-state index is 0.0110. The van der Waals surface area contributed by atoms with E-state index in [1.165, 1.54) is 11.1 Å². The van der Waals surface area contributed by atoms with Crippen LogP contribution in [0.25, 0.3) is 0 Å². The number of rotatable bonds is 12. The molecule has 0 aliphatic heterocycles. The van der Waals surface area contributed by atoms with E-state index in [0.29, 0.717) is 25.0 Å². The van der Waals surface area contributed by atoms with Crippen LogP contribution in [0.2, 0.25) is 0 Å². The van der Waals surface area contributed by atoms with Crippen LogP contribution in [0.1, 0.15) is 47.9 Å². The molecule has 0 saturated heterocycles. The summed E-state index contributed by atoms with van der Waals surface area (Å²) in [5.41, 5.74) is 4.91. The molecule has 0 saturated carbocycles. The van der Waals surface area contributed by atoms with Crippen LogP contribution in [-0.4, -0.2) is 36.6 Å². The fourth-order valence-electron chi connectivity index (χ4n) is 4.16. The molecule has 170 valence electrons. The highest BCUT2D eigenvalue weighted by Crippen LogP contribution is 2.31. The van der Waals surface area contributed by atoms with E-state index in [1.807, 2.05) is 36.4 Å². The fourth-order valence-corrected chi connectivity index (χ4v) is 4.16. The van der Waals surface area contributed by atoms with Gasteiger partial charge in [0.25, 0.3) is 0 Å². The zero-order valence-corrected chi connectivity index (χ0v) is 19.0. The molecule has 2 unspecified atom stereocenters. The number of hydrogen-bond acceptors (Lipinski definition) is 4. The van der Waals surface area contributed by atoms with Crippen LogP contribution < -0.4 is 9.47 Å². The van der Waals surface area contributed by atoms with Crippen molar-refractivity contribution in [1.82, 2.24) is 0 Å². The maximum Gasteiger partial charge on any atom is 0.122 e. The second kappa shape index (κ2) is 12.3. The average molecular weight is 435 g/mol. The SMILES string of the molecule is CC(Cc1cccc(CC(C)c2ccccc2OCCO)c1)c1ccccc1OCCO. The minimum Gasteiger partial charge on any atom is -0.491 e. The van der Waals surface area contributed by atoms with Gasteiger partial charge in [-0.25, -0.2) is 0 Å². The van der Waals surface area contributed by atoms with Gasteiger partial charge >= 0.3 is 0 Å². The third-order valence-corrected chi connectivity index (χ3v) is 5.67. The summed E-state index contributed by atoms with van der Waals surface area (Å²) < 4.78 is 11.5. The summed E-state index contributed by atoms with van der Waals surface area (Å²) in [6.07, 6.45) is 1.83. The Bertz CT molecular complexity index is 894. The summed E-state index contributed by atoms with van der Waals surface area (Å²) in [6.45, 7) is 5.06. The van der Waals surface area contributed by atoms with Crippen molar-refractivity contribution >= 4 is 0 Å². The number of para-hydroxylation sites is 2. The van der Waals surface area contributed by atoms with Gasteiger partial charge in [-0.2, -0.15) is 0 Å². The summed E-state index contributed by atoms with van der Waals surface area (Å²) in [5, 5.41) is 18.2. The van der Waals surface area contributed by atoms with E-state index in [9.17, 15) is 0 Å². The molecule has 0 aromatic heterocycles. The second-order valence-corrected chi connectivity index (χ2v) is 8.25. The van der Waals surface area contributed by atoms with Gasteiger partial charge in [0.05, 0.1) is 13.2 Å². The van der Waals surface area contributed by atoms with E-state index in [0.717, 1.165) is 35.5 Å². The molecule has 0 aliphatic carbocycles. The Morgan fingerprint density at radius 2 is 1.06 bits per heavy atom. The van der Waals surface area contributed by atoms with Gasteiger partial charge in [-0.1, -0.05) is 74.5 Å². The van der Waals surface area contributed by atoms with Crippen molar-refractivity contribution in [3.05, 3.63) is 95.1 Å². The predicted molar refractivity (Wildman–Crippen MR) is 129 cm³/mol. The van der Waals surface area contributed by atoms with E-state index in [4.69, 9.17) is 19.7 Å². The maximum atomic E-state index is 9.09. The molecule has 0 radical (unpaired) electrons. The van der Waals surface area contributed by atoms with Crippen LogP contribution in [0.5, 0.6) is 11.5 Å². The van der Waals surface area contributed by atoms with Crippen molar-refractivity contribution < 1.29 is 19.7 Å². The van der Waals surface area contributed by atoms with Gasteiger partial charge in [0, 0.05) is 0 Å². The van der Waals surface area contributed by atoms with Crippen molar-refractivity contribution in [2.45, 2.75) is 38.5 Å². The summed E-state index contributed by atoms with van der Waals surface area (Å²) in [7, 11) is 0. The van der Waals surface area contributed by atoms with Crippen molar-refractivity contribution in [2.75, 3.05) is 26.4 Å². The average Bonchev–Trinajstić information content (AvgIpc) is 2.82. The predicted octanol–water partition coefficient (Wildman–Crippen LogP) is 5.12. The lowest BCUT2D eigenvalue weighted by Crippen LogP contribution is -2.07. The largest absolute Gasteiger partial charge is 0.491 e. The van der Waals surface area contributed by atoms with Gasteiger partial charge in [-0.15, -0.1) is 0 Å². The number of aliphatic hydroxyl groups is 2. The molecule has 3 aromatic carbocycles. The first-order valence-electron chi connectivity index (χ1n) is 11.3. The van der Waals surface area contributed by atoms with Crippen LogP contribution in [0.3, 0.4) is 0 Å². The van der Waals surface area contributed by atoms with E-state index < -0.39 is 0 Å². The zero-order chi connectivity index (χ0) is 22.8. The summed E-state index contributed by atoms with van der Waals surface area (Å²) in [5.74, 6) is 2.28. The van der Waals surface area contributed by atoms with Gasteiger partial charge in [0.1, 0.15) is 24.7 Å². The molecule has 32 heavy (non-hydrogen) atoms. The van der Waals surface area contributed by atoms with Gasteiger partial charge in [0.2, 0.25) is 0 Å². The molecular formula is C28H34O4. The Labute approximate surface area is 191 Å². The first kappa shape index (κ1) is 23.8. The van der Waals surface area contributed by atoms with Crippen LogP contribution in [0.4, 0.5) is 0 Å². The lowest BCUT2D eigenvalue weighted by atomic mass is 9.89. The highest BCUT2D eigenvalue weighted by molar-refractivity contribution is 5.39. The first-order valence-corrected chi connectivity index (χ1v) is 11.3. The van der Waals surface area contributed by atoms with E-state index in [-0.39, 0.29) is 13.2 Å². The molecule has 0 heterocycles. The number of benzene rings is 3. The molecule has 3 rings (SSSR count). The molecule has 0 amide bonds. The van der Waals surface area contributed by atoms with Crippen LogP contribution in [-0.2, 0) is 12.8 Å². The van der Waals surface area contributed by atoms with Crippen molar-refractivity contribution in [1.29, 1.82) is 0 Å². The van der Waals surface area contributed by atoms with Crippen LogP contribution in [0.15, 0.2) is 72.8 Å². The Balaban J connectivity index is 1.70. The normalized spacial score (nSPS) is 12.9. The Morgan fingerprint density at radius 3 is 1.50 bits per heavy atom. The van der Waals surface area contributed by atoms with E-state index in [1.54, 1.807) is 0 Å². The minimum atomic E-state index is 0.0110. The zero-order valence-electron chi connectivity index (χ0n) is 19.0. The smallest absolute Gasteiger partial charge is 0.122 e. The van der Waals surface area contributed by atoms with Gasteiger partial charge in [-0.05, 0) is 59.1 Å². The highest BCUT2D eigenvalue weighted by Gasteiger charge is 2.15. The Hall–Kier alpha value is -2.82. The number of hydrogen-bond donors (Lipinski definition) is 2. The molecule has 0 bridgehead atoms. The summed E-state index contributed by atoms with van der Waals surface area (Å²) in [4.78, 5) is 0. The molecule has 3 aromatic rings. The fraction of sp³-hybridized carbons (Fsp3) is 0.357. The standard InChI is InChI=1S/C28H34O4/c1-21(25-10-3-5-12-27(25)31-16-14-29)18-23-8-7-9-24(20-23)19-22(2)26-11-4-6-13-28(26)32-17-15-30/h3-13,20-22,29-30H,14-19H2,1-2H3. The van der Waals surface area contributed by atoms with Crippen molar-refractivity contribution in [3.63, 3.8) is 0 Å². The molecule has 2 N–H and O–H groups in total. The first-order chi connectivity index (χ1) is 15.6. The Morgan fingerprint density at radius 1 is 0.625 bits per heavy atom. The number of ether oxygens (including phenoxy) is 2. The van der Waals surface area contributed by atoms with E-state index >= 15 is 0 Å². The van der Waals surface area contributed by atoms with Gasteiger partial charge in [-0.3, -0.25) is 0 Å². The summed E-state index contributed by atoms with van der Waals surface area (Å²) >= 11 is 0. The topological polar surface area (TPSA) is 58.9 Å². The van der Waals surface area contributed by atoms with Crippen LogP contribution in [0, 0.1) is 0 Å².